The molecule has 1 aromatic rings. The Balaban J connectivity index is 1.44. The minimum atomic E-state index is -0.161. The average molecular weight is 370 g/mol. The summed E-state index contributed by atoms with van der Waals surface area (Å²) in [7, 11) is 0. The van der Waals surface area contributed by atoms with Gasteiger partial charge in [-0.15, -0.1) is 0 Å². The van der Waals surface area contributed by atoms with E-state index in [-0.39, 0.29) is 17.7 Å². The van der Waals surface area contributed by atoms with Crippen molar-refractivity contribution >= 4 is 23.4 Å². The lowest BCUT2D eigenvalue weighted by molar-refractivity contribution is -0.136. The predicted octanol–water partition coefficient (Wildman–Crippen LogP) is 1.12. The predicted molar refractivity (Wildman–Crippen MR) is 102 cm³/mol. The molecule has 7 heteroatoms. The molecule has 27 heavy (non-hydrogen) atoms. The van der Waals surface area contributed by atoms with Gasteiger partial charge in [0.15, 0.2) is 0 Å². The summed E-state index contributed by atoms with van der Waals surface area (Å²) in [6, 6.07) is 8.40. The Morgan fingerprint density at radius 3 is 2.22 bits per heavy atom. The van der Waals surface area contributed by atoms with E-state index in [1.165, 1.54) is 11.1 Å². The molecule has 0 saturated carbocycles. The van der Waals surface area contributed by atoms with Gasteiger partial charge in [0.1, 0.15) is 5.71 Å². The van der Waals surface area contributed by atoms with Crippen LogP contribution in [0, 0.1) is 0 Å². The van der Waals surface area contributed by atoms with Gasteiger partial charge >= 0.3 is 0 Å². The van der Waals surface area contributed by atoms with Crippen LogP contribution in [0.3, 0.4) is 0 Å². The number of carbonyl (C=O) groups is 3. The van der Waals surface area contributed by atoms with Crippen molar-refractivity contribution < 1.29 is 14.4 Å². The molecule has 1 fully saturated rings. The molecule has 3 rings (SSSR count). The largest absolute Gasteiger partial charge is 0.339 e. The Hall–Kier alpha value is -2.70. The van der Waals surface area contributed by atoms with Crippen LogP contribution in [0.25, 0.3) is 0 Å². The number of aryl methyl sites for hydroxylation is 2. The van der Waals surface area contributed by atoms with Crippen molar-refractivity contribution in [2.75, 3.05) is 26.2 Å². The van der Waals surface area contributed by atoms with Crippen LogP contribution in [0.1, 0.15) is 37.3 Å². The molecule has 0 spiro atoms. The first-order chi connectivity index (χ1) is 13.1. The maximum absolute atomic E-state index is 12.5. The third kappa shape index (κ3) is 4.93. The molecule has 0 radical (unpaired) electrons. The summed E-state index contributed by atoms with van der Waals surface area (Å²) in [6.45, 7) is 4.21. The molecule has 2 aliphatic heterocycles. The van der Waals surface area contributed by atoms with Crippen molar-refractivity contribution in [1.29, 1.82) is 0 Å². The second-order valence-corrected chi connectivity index (χ2v) is 6.94. The van der Waals surface area contributed by atoms with Gasteiger partial charge in [-0.05, 0) is 24.0 Å². The van der Waals surface area contributed by atoms with Crippen LogP contribution in [0.4, 0.5) is 0 Å². The van der Waals surface area contributed by atoms with Gasteiger partial charge in [0.05, 0.1) is 0 Å². The van der Waals surface area contributed by atoms with Crippen LogP contribution in [0.5, 0.6) is 0 Å². The number of amides is 3. The van der Waals surface area contributed by atoms with Crippen LogP contribution in [-0.4, -0.2) is 59.4 Å². The van der Waals surface area contributed by atoms with Crippen molar-refractivity contribution in [3.8, 4) is 0 Å². The van der Waals surface area contributed by atoms with Gasteiger partial charge in [0.2, 0.25) is 11.8 Å². The third-order valence-corrected chi connectivity index (χ3v) is 5.13. The summed E-state index contributed by atoms with van der Waals surface area (Å²) in [6.07, 6.45) is 2.90. The fraction of sp³-hybridized carbons (Fsp3) is 0.500. The highest BCUT2D eigenvalue weighted by molar-refractivity contribution is 6.39. The number of carbonyl (C=O) groups excluding carboxylic acids is 3. The van der Waals surface area contributed by atoms with Crippen molar-refractivity contribution in [3.05, 3.63) is 35.4 Å². The highest BCUT2D eigenvalue weighted by Gasteiger charge is 2.28. The number of hydrazone groups is 1. The highest BCUT2D eigenvalue weighted by atomic mass is 16.2. The fourth-order valence-electron chi connectivity index (χ4n) is 3.32. The van der Waals surface area contributed by atoms with Crippen molar-refractivity contribution in [2.24, 2.45) is 5.10 Å². The fourth-order valence-corrected chi connectivity index (χ4v) is 3.32. The molecule has 7 nitrogen and oxygen atoms in total. The molecule has 0 unspecified atom stereocenters. The lowest BCUT2D eigenvalue weighted by Gasteiger charge is -2.35. The molecular formula is C20H26N4O3. The number of benzene rings is 1. The van der Waals surface area contributed by atoms with E-state index in [4.69, 9.17) is 0 Å². The van der Waals surface area contributed by atoms with Crippen molar-refractivity contribution in [2.45, 2.75) is 39.0 Å². The number of hydrogen-bond donors (Lipinski definition) is 1. The van der Waals surface area contributed by atoms with Gasteiger partial charge in [-0.1, -0.05) is 31.2 Å². The van der Waals surface area contributed by atoms with E-state index in [1.54, 1.807) is 4.90 Å². The van der Waals surface area contributed by atoms with Crippen molar-refractivity contribution in [3.63, 3.8) is 0 Å². The van der Waals surface area contributed by atoms with E-state index in [0.29, 0.717) is 51.2 Å². The van der Waals surface area contributed by atoms with Gasteiger partial charge < -0.3 is 9.80 Å². The van der Waals surface area contributed by atoms with Gasteiger partial charge in [-0.25, -0.2) is 5.43 Å². The number of piperazine rings is 1. The quantitative estimate of drug-likeness (QED) is 0.843. The van der Waals surface area contributed by atoms with Gasteiger partial charge in [-0.2, -0.15) is 5.10 Å². The van der Waals surface area contributed by atoms with E-state index in [9.17, 15) is 14.4 Å². The topological polar surface area (TPSA) is 82.1 Å². The summed E-state index contributed by atoms with van der Waals surface area (Å²) >= 11 is 0. The summed E-state index contributed by atoms with van der Waals surface area (Å²) in [5, 5.41) is 3.86. The minimum absolute atomic E-state index is 0.129. The lowest BCUT2D eigenvalue weighted by Crippen LogP contribution is -2.52. The molecule has 0 atom stereocenters. The molecule has 1 N–H and O–H groups in total. The van der Waals surface area contributed by atoms with Crippen LogP contribution in [0.2, 0.25) is 0 Å². The van der Waals surface area contributed by atoms with E-state index >= 15 is 0 Å². The monoisotopic (exact) mass is 370 g/mol. The average Bonchev–Trinajstić information content (AvgIpc) is 2.72. The summed E-state index contributed by atoms with van der Waals surface area (Å²) < 4.78 is 0. The molecule has 2 aliphatic rings. The first-order valence-electron chi connectivity index (χ1n) is 9.57. The zero-order valence-electron chi connectivity index (χ0n) is 15.7. The number of nitrogens with zero attached hydrogens (tertiary/aromatic N) is 3. The zero-order chi connectivity index (χ0) is 19.2. The SMILES string of the molecule is CCc1ccc(CCC(=O)N2CCN(C(=O)C3=NNC(=O)CC3)CC2)cc1. The summed E-state index contributed by atoms with van der Waals surface area (Å²) in [5.41, 5.74) is 5.22. The van der Waals surface area contributed by atoms with Crippen molar-refractivity contribution in [1.82, 2.24) is 15.2 Å². The molecule has 144 valence electrons. The maximum Gasteiger partial charge on any atom is 0.270 e. The molecule has 1 aromatic carbocycles. The molecule has 0 aliphatic carbocycles. The molecule has 1 saturated heterocycles. The Kier molecular flexibility index (Phi) is 6.21. The first-order valence-corrected chi connectivity index (χ1v) is 9.57. The van der Waals surface area contributed by atoms with E-state index in [0.717, 1.165) is 12.8 Å². The summed E-state index contributed by atoms with van der Waals surface area (Å²) in [5.74, 6) is -0.173. The number of nitrogens with one attached hydrogen (secondary N) is 1. The summed E-state index contributed by atoms with van der Waals surface area (Å²) in [4.78, 5) is 39.6. The third-order valence-electron chi connectivity index (χ3n) is 5.13. The van der Waals surface area contributed by atoms with Gasteiger partial charge in [0, 0.05) is 45.4 Å². The molecule has 0 aromatic heterocycles. The van der Waals surface area contributed by atoms with E-state index in [2.05, 4.69) is 41.7 Å². The molecule has 2 heterocycles. The normalized spacial score (nSPS) is 17.4. The number of rotatable bonds is 5. The van der Waals surface area contributed by atoms with Gasteiger partial charge in [-0.3, -0.25) is 14.4 Å². The second kappa shape index (κ2) is 8.79. The van der Waals surface area contributed by atoms with Crippen LogP contribution in [-0.2, 0) is 27.2 Å². The maximum atomic E-state index is 12.5. The Morgan fingerprint density at radius 1 is 1.00 bits per heavy atom. The van der Waals surface area contributed by atoms with E-state index < -0.39 is 0 Å². The molecule has 0 bridgehead atoms. The standard InChI is InChI=1S/C20H26N4O3/c1-2-15-3-5-16(6-4-15)7-10-19(26)23-11-13-24(14-12-23)20(27)17-8-9-18(25)22-21-17/h3-6H,2,7-14H2,1H3,(H,22,25). The first kappa shape index (κ1) is 19.1. The molecular weight excluding hydrogens is 344 g/mol. The zero-order valence-corrected chi connectivity index (χ0v) is 15.7. The highest BCUT2D eigenvalue weighted by Crippen LogP contribution is 2.11. The Morgan fingerprint density at radius 2 is 1.63 bits per heavy atom. The Labute approximate surface area is 159 Å². The Bertz CT molecular complexity index is 734. The van der Waals surface area contributed by atoms with Crippen LogP contribution < -0.4 is 5.43 Å². The van der Waals surface area contributed by atoms with Gasteiger partial charge in [0.25, 0.3) is 5.91 Å². The second-order valence-electron chi connectivity index (χ2n) is 6.94. The van der Waals surface area contributed by atoms with E-state index in [1.807, 2.05) is 4.90 Å². The minimum Gasteiger partial charge on any atom is -0.339 e. The smallest absolute Gasteiger partial charge is 0.270 e. The van der Waals surface area contributed by atoms with Crippen LogP contribution in [0.15, 0.2) is 29.4 Å². The molecule has 3 amide bonds. The lowest BCUT2D eigenvalue weighted by atomic mass is 10.1. The van der Waals surface area contributed by atoms with Crippen LogP contribution >= 0.6 is 0 Å². The number of hydrogen-bond acceptors (Lipinski definition) is 4.